The van der Waals surface area contributed by atoms with Crippen LogP contribution in [0.25, 0.3) is 0 Å². The molecule has 3 aliphatic rings. The minimum atomic E-state index is -0.440. The summed E-state index contributed by atoms with van der Waals surface area (Å²) in [6, 6.07) is 5.59. The van der Waals surface area contributed by atoms with Crippen LogP contribution in [-0.4, -0.2) is 54.6 Å². The van der Waals surface area contributed by atoms with Gasteiger partial charge >= 0.3 is 0 Å². The van der Waals surface area contributed by atoms with Gasteiger partial charge in [-0.1, -0.05) is 6.07 Å². The third-order valence-corrected chi connectivity index (χ3v) is 5.22. The zero-order valence-electron chi connectivity index (χ0n) is 13.6. The molecule has 2 fully saturated rings. The normalized spacial score (nSPS) is 24.5. The van der Waals surface area contributed by atoms with Gasteiger partial charge in [-0.2, -0.15) is 0 Å². The average molecular weight is 327 g/mol. The lowest BCUT2D eigenvalue weighted by Gasteiger charge is -2.29. The summed E-state index contributed by atoms with van der Waals surface area (Å²) in [6.45, 7) is 4.23. The number of Topliss-reactive ketones (excluding diaryl/α,β-unsaturated/α-hetero) is 2. The molecule has 1 N–H and O–H groups in total. The third kappa shape index (κ3) is 2.60. The van der Waals surface area contributed by atoms with Gasteiger partial charge in [0.2, 0.25) is 0 Å². The number of hydrogen-bond acceptors (Lipinski definition) is 5. The van der Waals surface area contributed by atoms with Gasteiger partial charge in [0.05, 0.1) is 12.5 Å². The van der Waals surface area contributed by atoms with Crippen LogP contribution in [0.3, 0.4) is 0 Å². The van der Waals surface area contributed by atoms with E-state index in [9.17, 15) is 14.4 Å². The number of fused-ring (bicyclic) bond motifs is 1. The first kappa shape index (κ1) is 15.3. The SMILES string of the molecule is O=C1CCC(N2Cc3ccc(N4CCNCC4)cc3C2=O)C(=O)C1. The van der Waals surface area contributed by atoms with Gasteiger partial charge < -0.3 is 15.1 Å². The summed E-state index contributed by atoms with van der Waals surface area (Å²) < 4.78 is 0. The van der Waals surface area contributed by atoms with Crippen LogP contribution in [0, 0.1) is 0 Å². The molecule has 126 valence electrons. The van der Waals surface area contributed by atoms with Crippen LogP contribution < -0.4 is 10.2 Å². The molecule has 4 rings (SSSR count). The summed E-state index contributed by atoms with van der Waals surface area (Å²) in [7, 11) is 0. The van der Waals surface area contributed by atoms with Crippen molar-refractivity contribution in [2.75, 3.05) is 31.1 Å². The van der Waals surface area contributed by atoms with Gasteiger partial charge in [0.25, 0.3) is 5.91 Å². The van der Waals surface area contributed by atoms with Crippen LogP contribution >= 0.6 is 0 Å². The number of hydrogen-bond donors (Lipinski definition) is 1. The van der Waals surface area contributed by atoms with Gasteiger partial charge in [0.1, 0.15) is 5.78 Å². The first-order valence-corrected chi connectivity index (χ1v) is 8.57. The molecule has 0 radical (unpaired) electrons. The van der Waals surface area contributed by atoms with E-state index in [1.54, 1.807) is 4.90 Å². The molecule has 1 saturated carbocycles. The van der Waals surface area contributed by atoms with Crippen LogP contribution in [0.15, 0.2) is 18.2 Å². The van der Waals surface area contributed by atoms with Gasteiger partial charge in [0.15, 0.2) is 5.78 Å². The first-order valence-electron chi connectivity index (χ1n) is 8.57. The van der Waals surface area contributed by atoms with E-state index < -0.39 is 6.04 Å². The summed E-state index contributed by atoms with van der Waals surface area (Å²) in [5, 5.41) is 3.32. The number of carbonyl (C=O) groups excluding carboxylic acids is 3. The summed E-state index contributed by atoms with van der Waals surface area (Å²) in [4.78, 5) is 40.3. The number of carbonyl (C=O) groups is 3. The quantitative estimate of drug-likeness (QED) is 0.812. The lowest BCUT2D eigenvalue weighted by atomic mass is 9.92. The Morgan fingerprint density at radius 1 is 1.08 bits per heavy atom. The fourth-order valence-corrected chi connectivity index (χ4v) is 3.87. The van der Waals surface area contributed by atoms with Crippen LogP contribution in [-0.2, 0) is 16.1 Å². The molecular weight excluding hydrogens is 306 g/mol. The molecule has 0 spiro atoms. The average Bonchev–Trinajstić information content (AvgIpc) is 2.92. The number of benzene rings is 1. The number of nitrogens with zero attached hydrogens (tertiary/aromatic N) is 2. The fourth-order valence-electron chi connectivity index (χ4n) is 3.87. The minimum absolute atomic E-state index is 0.0126. The molecule has 1 saturated heterocycles. The maximum atomic E-state index is 12.8. The number of ketones is 2. The molecule has 0 bridgehead atoms. The predicted molar refractivity (Wildman–Crippen MR) is 89.1 cm³/mol. The second-order valence-electron chi connectivity index (χ2n) is 6.75. The monoisotopic (exact) mass is 327 g/mol. The van der Waals surface area contributed by atoms with E-state index in [4.69, 9.17) is 0 Å². The van der Waals surface area contributed by atoms with Gasteiger partial charge in [-0.15, -0.1) is 0 Å². The first-order chi connectivity index (χ1) is 11.6. The van der Waals surface area contributed by atoms with Crippen molar-refractivity contribution < 1.29 is 14.4 Å². The van der Waals surface area contributed by atoms with E-state index in [2.05, 4.69) is 16.3 Å². The zero-order valence-corrected chi connectivity index (χ0v) is 13.6. The Morgan fingerprint density at radius 3 is 2.62 bits per heavy atom. The fraction of sp³-hybridized carbons (Fsp3) is 0.500. The Labute approximate surface area is 140 Å². The van der Waals surface area contributed by atoms with Crippen molar-refractivity contribution in [1.82, 2.24) is 10.2 Å². The van der Waals surface area contributed by atoms with Crippen LogP contribution in [0.1, 0.15) is 35.2 Å². The van der Waals surface area contributed by atoms with E-state index >= 15 is 0 Å². The van der Waals surface area contributed by atoms with Crippen molar-refractivity contribution in [2.24, 2.45) is 0 Å². The smallest absolute Gasteiger partial charge is 0.255 e. The standard InChI is InChI=1S/C18H21N3O3/c22-14-3-4-16(17(23)10-14)21-11-12-1-2-13(9-15(12)18(21)24)20-7-5-19-6-8-20/h1-2,9,16,19H,3-8,10-11H2. The highest BCUT2D eigenvalue weighted by Gasteiger charge is 2.39. The lowest BCUT2D eigenvalue weighted by Crippen LogP contribution is -2.44. The molecule has 2 heterocycles. The van der Waals surface area contributed by atoms with E-state index in [1.807, 2.05) is 12.1 Å². The maximum absolute atomic E-state index is 12.8. The zero-order chi connectivity index (χ0) is 16.7. The molecule has 0 aromatic heterocycles. The minimum Gasteiger partial charge on any atom is -0.369 e. The Balaban J connectivity index is 1.56. The van der Waals surface area contributed by atoms with Gasteiger partial charge in [0, 0.05) is 50.4 Å². The van der Waals surface area contributed by atoms with Crippen molar-refractivity contribution in [3.63, 3.8) is 0 Å². The molecule has 6 heteroatoms. The topological polar surface area (TPSA) is 69.7 Å². The summed E-state index contributed by atoms with van der Waals surface area (Å²) in [5.74, 6) is -0.203. The number of anilines is 1. The van der Waals surface area contributed by atoms with E-state index in [0.717, 1.165) is 37.4 Å². The van der Waals surface area contributed by atoms with Crippen LogP contribution in [0.2, 0.25) is 0 Å². The van der Waals surface area contributed by atoms with Crippen LogP contribution in [0.5, 0.6) is 0 Å². The second kappa shape index (κ2) is 6.02. The molecule has 1 aliphatic carbocycles. The molecule has 24 heavy (non-hydrogen) atoms. The Kier molecular flexibility index (Phi) is 3.84. The predicted octanol–water partition coefficient (Wildman–Crippen LogP) is 0.743. The third-order valence-electron chi connectivity index (χ3n) is 5.22. The molecule has 1 aromatic carbocycles. The molecule has 2 aliphatic heterocycles. The maximum Gasteiger partial charge on any atom is 0.255 e. The number of piperazine rings is 1. The van der Waals surface area contributed by atoms with E-state index in [0.29, 0.717) is 24.9 Å². The van der Waals surface area contributed by atoms with Crippen molar-refractivity contribution in [1.29, 1.82) is 0 Å². The summed E-state index contributed by atoms with van der Waals surface area (Å²) >= 11 is 0. The van der Waals surface area contributed by atoms with Crippen molar-refractivity contribution >= 4 is 23.2 Å². The van der Waals surface area contributed by atoms with Crippen molar-refractivity contribution in [3.8, 4) is 0 Å². The van der Waals surface area contributed by atoms with Crippen LogP contribution in [0.4, 0.5) is 5.69 Å². The van der Waals surface area contributed by atoms with Gasteiger partial charge in [-0.25, -0.2) is 0 Å². The highest BCUT2D eigenvalue weighted by atomic mass is 16.2. The Bertz CT molecular complexity index is 709. The van der Waals surface area contributed by atoms with Crippen molar-refractivity contribution in [2.45, 2.75) is 31.8 Å². The summed E-state index contributed by atoms with van der Waals surface area (Å²) in [6.07, 6.45) is 0.821. The largest absolute Gasteiger partial charge is 0.369 e. The van der Waals surface area contributed by atoms with E-state index in [-0.39, 0.29) is 23.9 Å². The highest BCUT2D eigenvalue weighted by molar-refractivity contribution is 6.07. The van der Waals surface area contributed by atoms with Crippen molar-refractivity contribution in [3.05, 3.63) is 29.3 Å². The van der Waals surface area contributed by atoms with Gasteiger partial charge in [-0.3, -0.25) is 14.4 Å². The Morgan fingerprint density at radius 2 is 1.88 bits per heavy atom. The second-order valence-corrected chi connectivity index (χ2v) is 6.75. The molecule has 1 aromatic rings. The molecule has 1 unspecified atom stereocenters. The lowest BCUT2D eigenvalue weighted by molar-refractivity contribution is -0.133. The molecule has 6 nitrogen and oxygen atoms in total. The number of rotatable bonds is 2. The van der Waals surface area contributed by atoms with Gasteiger partial charge in [-0.05, 0) is 24.1 Å². The summed E-state index contributed by atoms with van der Waals surface area (Å²) in [5.41, 5.74) is 2.75. The molecular formula is C18H21N3O3. The number of nitrogens with one attached hydrogen (secondary N) is 1. The van der Waals surface area contributed by atoms with E-state index in [1.165, 1.54) is 0 Å². The molecule has 1 atom stereocenters. The molecule has 1 amide bonds. The number of amides is 1. The highest BCUT2D eigenvalue weighted by Crippen LogP contribution is 2.31. The Hall–Kier alpha value is -2.21.